The molecular formula is C15H17ClN2O2. The molecule has 106 valence electrons. The van der Waals surface area contributed by atoms with Crippen molar-refractivity contribution in [2.75, 3.05) is 11.9 Å². The van der Waals surface area contributed by atoms with Crippen molar-refractivity contribution in [3.05, 3.63) is 52.9 Å². The van der Waals surface area contributed by atoms with E-state index in [2.05, 4.69) is 10.6 Å². The molecule has 0 aliphatic rings. The molecule has 20 heavy (non-hydrogen) atoms. The van der Waals surface area contributed by atoms with Gasteiger partial charge < -0.3 is 15.1 Å². The molecule has 0 unspecified atom stereocenters. The average molecular weight is 293 g/mol. The Morgan fingerprint density at radius 1 is 1.35 bits per heavy atom. The van der Waals surface area contributed by atoms with E-state index in [1.807, 2.05) is 31.2 Å². The van der Waals surface area contributed by atoms with Crippen LogP contribution in [0.1, 0.15) is 17.7 Å². The van der Waals surface area contributed by atoms with Gasteiger partial charge in [-0.15, -0.1) is 0 Å². The zero-order valence-corrected chi connectivity index (χ0v) is 12.0. The number of halogens is 1. The minimum atomic E-state index is -0.0256. The van der Waals surface area contributed by atoms with E-state index in [0.717, 1.165) is 17.0 Å². The number of hydrogen-bond acceptors (Lipinski definition) is 3. The van der Waals surface area contributed by atoms with E-state index in [4.69, 9.17) is 16.0 Å². The van der Waals surface area contributed by atoms with Gasteiger partial charge in [0, 0.05) is 23.7 Å². The number of anilines is 1. The van der Waals surface area contributed by atoms with Crippen LogP contribution in [0.2, 0.25) is 5.02 Å². The second-order valence-electron chi connectivity index (χ2n) is 4.51. The van der Waals surface area contributed by atoms with Gasteiger partial charge in [-0.05, 0) is 42.8 Å². The fourth-order valence-electron chi connectivity index (χ4n) is 1.81. The first kappa shape index (κ1) is 14.6. The van der Waals surface area contributed by atoms with Gasteiger partial charge in [-0.3, -0.25) is 4.79 Å². The number of aryl methyl sites for hydroxylation is 1. The smallest absolute Gasteiger partial charge is 0.225 e. The lowest BCUT2D eigenvalue weighted by Crippen LogP contribution is -2.21. The second-order valence-corrected chi connectivity index (χ2v) is 4.95. The summed E-state index contributed by atoms with van der Waals surface area (Å²) in [6.45, 7) is 3.13. The van der Waals surface area contributed by atoms with Crippen LogP contribution in [0.5, 0.6) is 0 Å². The van der Waals surface area contributed by atoms with Crippen LogP contribution in [-0.4, -0.2) is 12.5 Å². The minimum Gasteiger partial charge on any atom is -0.468 e. The summed E-state index contributed by atoms with van der Waals surface area (Å²) in [7, 11) is 0. The molecule has 0 bridgehead atoms. The third-order valence-electron chi connectivity index (χ3n) is 2.87. The molecule has 4 nitrogen and oxygen atoms in total. The van der Waals surface area contributed by atoms with Crippen LogP contribution in [0.25, 0.3) is 0 Å². The van der Waals surface area contributed by atoms with Crippen LogP contribution in [0.3, 0.4) is 0 Å². The van der Waals surface area contributed by atoms with Crippen molar-refractivity contribution in [3.8, 4) is 0 Å². The summed E-state index contributed by atoms with van der Waals surface area (Å²) in [5, 5.41) is 6.69. The Morgan fingerprint density at radius 2 is 2.20 bits per heavy atom. The monoisotopic (exact) mass is 292 g/mol. The first-order chi connectivity index (χ1) is 9.65. The molecule has 2 rings (SSSR count). The molecule has 1 heterocycles. The Kier molecular flexibility index (Phi) is 5.21. The highest BCUT2D eigenvalue weighted by Gasteiger charge is 2.05. The van der Waals surface area contributed by atoms with Gasteiger partial charge in [-0.25, -0.2) is 0 Å². The topological polar surface area (TPSA) is 54.3 Å². The molecule has 0 radical (unpaired) electrons. The third kappa shape index (κ3) is 4.40. The molecule has 0 aliphatic heterocycles. The minimum absolute atomic E-state index is 0.0256. The van der Waals surface area contributed by atoms with Crippen LogP contribution < -0.4 is 10.6 Å². The van der Waals surface area contributed by atoms with E-state index < -0.39 is 0 Å². The van der Waals surface area contributed by atoms with E-state index in [-0.39, 0.29) is 5.91 Å². The number of carbonyl (C=O) groups is 1. The number of hydrogen-bond donors (Lipinski definition) is 2. The van der Waals surface area contributed by atoms with E-state index >= 15 is 0 Å². The maximum atomic E-state index is 11.8. The van der Waals surface area contributed by atoms with Gasteiger partial charge in [0.1, 0.15) is 5.76 Å². The Labute approximate surface area is 123 Å². The van der Waals surface area contributed by atoms with Crippen LogP contribution in [0.4, 0.5) is 5.69 Å². The second kappa shape index (κ2) is 7.12. The lowest BCUT2D eigenvalue weighted by molar-refractivity contribution is -0.116. The van der Waals surface area contributed by atoms with Crippen molar-refractivity contribution in [2.45, 2.75) is 19.9 Å². The number of amides is 1. The highest BCUT2D eigenvalue weighted by Crippen LogP contribution is 2.19. The van der Waals surface area contributed by atoms with Gasteiger partial charge in [-0.2, -0.15) is 0 Å². The molecule has 2 aromatic rings. The molecule has 2 N–H and O–H groups in total. The summed E-state index contributed by atoms with van der Waals surface area (Å²) in [4.78, 5) is 11.8. The SMILES string of the molecule is Cc1cc(Cl)ccc1NC(=O)CCNCc1ccco1. The van der Waals surface area contributed by atoms with Gasteiger partial charge in [0.15, 0.2) is 0 Å². The van der Waals surface area contributed by atoms with E-state index in [0.29, 0.717) is 24.5 Å². The largest absolute Gasteiger partial charge is 0.468 e. The van der Waals surface area contributed by atoms with Crippen molar-refractivity contribution in [2.24, 2.45) is 0 Å². The molecular weight excluding hydrogens is 276 g/mol. The van der Waals surface area contributed by atoms with Crippen molar-refractivity contribution >= 4 is 23.2 Å². The van der Waals surface area contributed by atoms with Crippen molar-refractivity contribution in [1.82, 2.24) is 5.32 Å². The van der Waals surface area contributed by atoms with Crippen LogP contribution in [0.15, 0.2) is 41.0 Å². The quantitative estimate of drug-likeness (QED) is 0.803. The molecule has 0 saturated heterocycles. The summed E-state index contributed by atoms with van der Waals surface area (Å²) in [6.07, 6.45) is 2.04. The first-order valence-corrected chi connectivity index (χ1v) is 6.82. The van der Waals surface area contributed by atoms with Crippen molar-refractivity contribution < 1.29 is 9.21 Å². The summed E-state index contributed by atoms with van der Waals surface area (Å²) in [6, 6.07) is 9.13. The number of rotatable bonds is 6. The zero-order chi connectivity index (χ0) is 14.4. The lowest BCUT2D eigenvalue weighted by Gasteiger charge is -2.09. The van der Waals surface area contributed by atoms with Gasteiger partial charge in [0.05, 0.1) is 12.8 Å². The normalized spacial score (nSPS) is 10.5. The van der Waals surface area contributed by atoms with Crippen LogP contribution >= 0.6 is 11.6 Å². The predicted octanol–water partition coefficient (Wildman–Crippen LogP) is 3.36. The van der Waals surface area contributed by atoms with Gasteiger partial charge >= 0.3 is 0 Å². The predicted molar refractivity (Wildman–Crippen MR) is 79.9 cm³/mol. The Morgan fingerprint density at radius 3 is 2.90 bits per heavy atom. The molecule has 0 saturated carbocycles. The number of nitrogens with one attached hydrogen (secondary N) is 2. The summed E-state index contributed by atoms with van der Waals surface area (Å²) in [5.74, 6) is 0.835. The fraction of sp³-hybridized carbons (Fsp3) is 0.267. The first-order valence-electron chi connectivity index (χ1n) is 6.44. The molecule has 1 amide bonds. The van der Waals surface area contributed by atoms with Crippen molar-refractivity contribution in [3.63, 3.8) is 0 Å². The highest BCUT2D eigenvalue weighted by atomic mass is 35.5. The van der Waals surface area contributed by atoms with Gasteiger partial charge in [-0.1, -0.05) is 11.6 Å². The Hall–Kier alpha value is -1.78. The summed E-state index contributed by atoms with van der Waals surface area (Å²) < 4.78 is 5.19. The molecule has 1 aromatic heterocycles. The molecule has 0 atom stereocenters. The average Bonchev–Trinajstić information content (AvgIpc) is 2.91. The number of benzene rings is 1. The molecule has 0 spiro atoms. The van der Waals surface area contributed by atoms with Crippen molar-refractivity contribution in [1.29, 1.82) is 0 Å². The molecule has 0 aliphatic carbocycles. The van der Waals surface area contributed by atoms with Crippen LogP contribution in [-0.2, 0) is 11.3 Å². The van der Waals surface area contributed by atoms with Gasteiger partial charge in [0.25, 0.3) is 0 Å². The maximum Gasteiger partial charge on any atom is 0.225 e. The zero-order valence-electron chi connectivity index (χ0n) is 11.3. The highest BCUT2D eigenvalue weighted by molar-refractivity contribution is 6.30. The Bertz CT molecular complexity index is 567. The summed E-state index contributed by atoms with van der Waals surface area (Å²) >= 11 is 5.87. The van der Waals surface area contributed by atoms with E-state index in [9.17, 15) is 4.79 Å². The lowest BCUT2D eigenvalue weighted by atomic mass is 10.2. The summed E-state index contributed by atoms with van der Waals surface area (Å²) in [5.41, 5.74) is 1.75. The van der Waals surface area contributed by atoms with Gasteiger partial charge in [0.2, 0.25) is 5.91 Å². The van der Waals surface area contributed by atoms with E-state index in [1.165, 1.54) is 0 Å². The van der Waals surface area contributed by atoms with E-state index in [1.54, 1.807) is 12.3 Å². The third-order valence-corrected chi connectivity index (χ3v) is 3.11. The van der Waals surface area contributed by atoms with Crippen LogP contribution in [0, 0.1) is 6.92 Å². The molecule has 5 heteroatoms. The number of furan rings is 1. The fourth-order valence-corrected chi connectivity index (χ4v) is 2.03. The molecule has 0 fully saturated rings. The molecule has 1 aromatic carbocycles. The maximum absolute atomic E-state index is 11.8. The Balaban J connectivity index is 1.72. The number of carbonyl (C=O) groups excluding carboxylic acids is 1. The standard InChI is InChI=1S/C15H17ClN2O2/c1-11-9-12(16)4-5-14(11)18-15(19)6-7-17-10-13-3-2-8-20-13/h2-5,8-9,17H,6-7,10H2,1H3,(H,18,19).